The minimum absolute atomic E-state index is 0.312. The van der Waals surface area contributed by atoms with Crippen molar-refractivity contribution in [3.05, 3.63) is 60.3 Å². The lowest BCUT2D eigenvalue weighted by atomic mass is 9.89. The van der Waals surface area contributed by atoms with Crippen molar-refractivity contribution < 1.29 is 4.39 Å². The molecule has 0 atom stereocenters. The maximum Gasteiger partial charge on any atom is 0.208 e. The van der Waals surface area contributed by atoms with E-state index in [9.17, 15) is 4.39 Å². The molecular weight excluding hydrogens is 529 g/mol. The van der Waals surface area contributed by atoms with E-state index in [4.69, 9.17) is 10.7 Å². The predicted molar refractivity (Wildman–Crippen MR) is 166 cm³/mol. The molecule has 0 spiro atoms. The van der Waals surface area contributed by atoms with Crippen LogP contribution in [0.2, 0.25) is 0 Å². The molecule has 0 amide bonds. The molecule has 1 saturated heterocycles. The minimum Gasteiger partial charge on any atom is -0.383 e. The Morgan fingerprint density at radius 1 is 0.929 bits per heavy atom. The molecule has 10 heteroatoms. The van der Waals surface area contributed by atoms with E-state index < -0.39 is 0 Å². The molecule has 1 aliphatic carbocycles. The number of benzene rings is 2. The number of nitrogens with two attached hydrogens (primary N) is 1. The van der Waals surface area contributed by atoms with Crippen LogP contribution < -0.4 is 11.1 Å². The van der Waals surface area contributed by atoms with Gasteiger partial charge in [0.15, 0.2) is 5.82 Å². The zero-order valence-corrected chi connectivity index (χ0v) is 24.5. The van der Waals surface area contributed by atoms with Crippen LogP contribution in [0.15, 0.2) is 48.9 Å². The minimum atomic E-state index is -0.312. The molecule has 1 aliphatic heterocycles. The number of aromatic nitrogens is 5. The van der Waals surface area contributed by atoms with Gasteiger partial charge in [0, 0.05) is 62.8 Å². The number of nitrogen functional groups attached to an aromatic ring is 1. The summed E-state index contributed by atoms with van der Waals surface area (Å²) in [4.78, 5) is 18.7. The van der Waals surface area contributed by atoms with E-state index in [0.29, 0.717) is 29.4 Å². The van der Waals surface area contributed by atoms with Crippen LogP contribution in [0.1, 0.15) is 37.3 Å². The number of nitrogens with zero attached hydrogens (tertiary/aromatic N) is 7. The van der Waals surface area contributed by atoms with Crippen LogP contribution in [-0.4, -0.2) is 73.2 Å². The second-order valence-electron chi connectivity index (χ2n) is 12.0. The fourth-order valence-electron chi connectivity index (χ4n) is 6.85. The Bertz CT molecular complexity index is 1740. The van der Waals surface area contributed by atoms with Crippen molar-refractivity contribution in [2.45, 2.75) is 44.7 Å². The second-order valence-corrected chi connectivity index (χ2v) is 12.0. The van der Waals surface area contributed by atoms with Crippen LogP contribution >= 0.6 is 0 Å². The Hall–Kier alpha value is -4.02. The first kappa shape index (κ1) is 26.9. The number of hydrogen-bond acceptors (Lipinski definition) is 7. The van der Waals surface area contributed by atoms with Gasteiger partial charge in [-0.1, -0.05) is 12.1 Å². The summed E-state index contributed by atoms with van der Waals surface area (Å²) in [7, 11) is 4.10. The van der Waals surface area contributed by atoms with Crippen LogP contribution in [0.3, 0.4) is 0 Å². The monoisotopic (exact) mass is 567 g/mol. The van der Waals surface area contributed by atoms with Gasteiger partial charge in [-0.3, -0.25) is 4.90 Å². The van der Waals surface area contributed by atoms with Crippen LogP contribution in [0.25, 0.3) is 33.2 Å². The summed E-state index contributed by atoms with van der Waals surface area (Å²) in [5.74, 6) is 0.774. The van der Waals surface area contributed by atoms with E-state index in [2.05, 4.69) is 55.0 Å². The summed E-state index contributed by atoms with van der Waals surface area (Å²) < 4.78 is 18.7. The topological polar surface area (TPSA) is 93.1 Å². The highest BCUT2D eigenvalue weighted by Gasteiger charge is 2.30. The van der Waals surface area contributed by atoms with E-state index in [-0.39, 0.29) is 5.82 Å². The Morgan fingerprint density at radius 3 is 2.38 bits per heavy atom. The number of halogens is 1. The van der Waals surface area contributed by atoms with Gasteiger partial charge < -0.3 is 25.1 Å². The highest BCUT2D eigenvalue weighted by atomic mass is 19.1. The third-order valence-electron chi connectivity index (χ3n) is 9.29. The molecule has 1 saturated carbocycles. The molecule has 4 heterocycles. The molecule has 218 valence electrons. The van der Waals surface area contributed by atoms with Gasteiger partial charge in [0.1, 0.15) is 23.3 Å². The predicted octanol–water partition coefficient (Wildman–Crippen LogP) is 5.49. The molecule has 9 nitrogen and oxygen atoms in total. The van der Waals surface area contributed by atoms with Crippen LogP contribution in [-0.2, 0) is 7.05 Å². The number of piperazine rings is 1. The lowest BCUT2D eigenvalue weighted by molar-refractivity contribution is 0.0828. The van der Waals surface area contributed by atoms with Crippen LogP contribution in [0.4, 0.5) is 21.8 Å². The van der Waals surface area contributed by atoms with Crippen molar-refractivity contribution in [2.75, 3.05) is 44.3 Å². The molecule has 2 aliphatic rings. The van der Waals surface area contributed by atoms with E-state index in [1.54, 1.807) is 6.33 Å². The third kappa shape index (κ3) is 4.78. The lowest BCUT2D eigenvalue weighted by Crippen LogP contribution is -2.49. The SMILES string of the molecule is Cc1cc(F)c2nc(Nc3ccc(-c4cn([C@H]5CC[C@H](N6CCN(C)CC6)CC5)c5ncnc(N)c45)cc3)n(C)c2c1. The van der Waals surface area contributed by atoms with Gasteiger partial charge in [-0.15, -0.1) is 0 Å². The first-order valence-corrected chi connectivity index (χ1v) is 14.9. The van der Waals surface area contributed by atoms with Crippen molar-refractivity contribution >= 4 is 39.5 Å². The standard InChI is InChI=1S/C32H38FN9/c1-20-16-26(33)29-27(17-20)40(3)32(38-29)37-22-6-4-21(5-7-22)25-18-42(31-28(25)30(34)35-19-36-31)24-10-8-23(9-11-24)41-14-12-39(2)13-15-41/h4-7,16-19,23-24H,8-15H2,1-3H3,(H,37,38)(H2,34,35,36)/t23-,24-. The van der Waals surface area contributed by atoms with Crippen molar-refractivity contribution in [3.8, 4) is 11.1 Å². The fraction of sp³-hybridized carbons (Fsp3) is 0.406. The smallest absolute Gasteiger partial charge is 0.208 e. The number of imidazole rings is 1. The zero-order chi connectivity index (χ0) is 29.0. The molecule has 2 fully saturated rings. The normalized spacial score (nSPS) is 20.5. The number of aryl methyl sites for hydroxylation is 2. The average Bonchev–Trinajstić information content (AvgIpc) is 3.53. The number of likely N-dealkylation sites (N-methyl/N-ethyl adjacent to an activating group) is 1. The van der Waals surface area contributed by atoms with Gasteiger partial charge in [-0.2, -0.15) is 0 Å². The molecule has 7 rings (SSSR count). The van der Waals surface area contributed by atoms with E-state index >= 15 is 0 Å². The Morgan fingerprint density at radius 2 is 1.64 bits per heavy atom. The molecule has 3 aromatic heterocycles. The van der Waals surface area contributed by atoms with Gasteiger partial charge in [0.05, 0.1) is 10.9 Å². The summed E-state index contributed by atoms with van der Waals surface area (Å²) in [6.07, 6.45) is 8.46. The zero-order valence-electron chi connectivity index (χ0n) is 24.5. The molecule has 0 radical (unpaired) electrons. The third-order valence-corrected chi connectivity index (χ3v) is 9.29. The Balaban J connectivity index is 1.13. The molecule has 0 bridgehead atoms. The van der Waals surface area contributed by atoms with Gasteiger partial charge in [-0.05, 0) is 75.0 Å². The maximum absolute atomic E-state index is 14.5. The Kier molecular flexibility index (Phi) is 6.82. The van der Waals surface area contributed by atoms with Gasteiger partial charge >= 0.3 is 0 Å². The molecule has 5 aromatic rings. The van der Waals surface area contributed by atoms with Crippen molar-refractivity contribution in [1.82, 2.24) is 33.9 Å². The summed E-state index contributed by atoms with van der Waals surface area (Å²) in [6.45, 7) is 6.55. The first-order valence-electron chi connectivity index (χ1n) is 14.9. The molecule has 2 aromatic carbocycles. The second kappa shape index (κ2) is 10.7. The fourth-order valence-corrected chi connectivity index (χ4v) is 6.85. The van der Waals surface area contributed by atoms with E-state index in [1.165, 1.54) is 32.0 Å². The molecule has 0 unspecified atom stereocenters. The average molecular weight is 568 g/mol. The molecule has 3 N–H and O–H groups in total. The number of anilines is 3. The maximum atomic E-state index is 14.5. The van der Waals surface area contributed by atoms with Gasteiger partial charge in [0.25, 0.3) is 0 Å². The highest BCUT2D eigenvalue weighted by molar-refractivity contribution is 6.00. The highest BCUT2D eigenvalue weighted by Crippen LogP contribution is 2.39. The number of fused-ring (bicyclic) bond motifs is 2. The van der Waals surface area contributed by atoms with Gasteiger partial charge in [-0.25, -0.2) is 19.3 Å². The number of nitrogens with one attached hydrogen (secondary N) is 1. The number of hydrogen-bond donors (Lipinski definition) is 2. The van der Waals surface area contributed by atoms with E-state index in [1.807, 2.05) is 36.7 Å². The van der Waals surface area contributed by atoms with Gasteiger partial charge in [0.2, 0.25) is 5.95 Å². The van der Waals surface area contributed by atoms with Crippen LogP contribution in [0.5, 0.6) is 0 Å². The van der Waals surface area contributed by atoms with Crippen molar-refractivity contribution in [2.24, 2.45) is 7.05 Å². The lowest BCUT2D eigenvalue weighted by Gasteiger charge is -2.41. The largest absolute Gasteiger partial charge is 0.383 e. The molecular formula is C32H38FN9. The Labute approximate surface area is 245 Å². The van der Waals surface area contributed by atoms with Crippen molar-refractivity contribution in [1.29, 1.82) is 0 Å². The summed E-state index contributed by atoms with van der Waals surface area (Å²) in [6, 6.07) is 12.7. The first-order chi connectivity index (χ1) is 20.4. The molecule has 42 heavy (non-hydrogen) atoms. The van der Waals surface area contributed by atoms with Crippen LogP contribution in [0, 0.1) is 12.7 Å². The summed E-state index contributed by atoms with van der Waals surface area (Å²) >= 11 is 0. The quantitative estimate of drug-likeness (QED) is 0.290. The number of rotatable bonds is 5. The van der Waals surface area contributed by atoms with E-state index in [0.717, 1.165) is 64.9 Å². The van der Waals surface area contributed by atoms with Crippen molar-refractivity contribution in [3.63, 3.8) is 0 Å². The summed E-state index contributed by atoms with van der Waals surface area (Å²) in [5, 5.41) is 4.25. The summed E-state index contributed by atoms with van der Waals surface area (Å²) in [5.41, 5.74) is 12.3.